The van der Waals surface area contributed by atoms with Gasteiger partial charge in [0.05, 0.1) is 24.9 Å². The molecule has 6 nitrogen and oxygen atoms in total. The molecule has 1 N–H and O–H groups in total. The third-order valence-electron chi connectivity index (χ3n) is 5.26. The van der Waals surface area contributed by atoms with Crippen LogP contribution in [0.3, 0.4) is 0 Å². The number of nitrogens with zero attached hydrogens (tertiary/aromatic N) is 1. The highest BCUT2D eigenvalue weighted by Crippen LogP contribution is 2.41. The van der Waals surface area contributed by atoms with Gasteiger partial charge in [0, 0.05) is 24.3 Å². The van der Waals surface area contributed by atoms with Crippen molar-refractivity contribution in [2.75, 3.05) is 13.7 Å². The number of hydrogen-bond acceptors (Lipinski definition) is 5. The monoisotopic (exact) mass is 428 g/mol. The second kappa shape index (κ2) is 9.47. The Kier molecular flexibility index (Phi) is 6.31. The van der Waals surface area contributed by atoms with Crippen molar-refractivity contribution in [1.82, 2.24) is 10.3 Å². The lowest BCUT2D eigenvalue weighted by Crippen LogP contribution is -2.33. The van der Waals surface area contributed by atoms with Crippen molar-refractivity contribution in [3.63, 3.8) is 0 Å². The zero-order chi connectivity index (χ0) is 22.5. The van der Waals surface area contributed by atoms with Crippen LogP contribution in [0.5, 0.6) is 5.75 Å². The number of hydrogen-bond donors (Lipinski definition) is 1. The molecule has 2 heterocycles. The molecule has 0 saturated carbocycles. The Labute approximate surface area is 186 Å². The van der Waals surface area contributed by atoms with Gasteiger partial charge in [0.15, 0.2) is 0 Å². The Morgan fingerprint density at radius 2 is 1.97 bits per heavy atom. The fraction of sp³-hybridized carbons (Fsp3) is 0.192. The summed E-state index contributed by atoms with van der Waals surface area (Å²) in [6.45, 7) is 2.39. The molecule has 4 rings (SSSR count). The highest BCUT2D eigenvalue weighted by Gasteiger charge is 2.28. The predicted octanol–water partition coefficient (Wildman–Crippen LogP) is 3.98. The quantitative estimate of drug-likeness (QED) is 0.475. The van der Waals surface area contributed by atoms with Crippen LogP contribution in [-0.4, -0.2) is 36.6 Å². The standard InChI is InChI=1S/C26H24N2O4/c1-17-13-18-15-20(16-28-24(29)11-10-19-7-5-6-12-27-19)32-25(18)23(14-17)21-8-3-4-9-22(21)26(30)31-2/h3-14,20H,15-16H2,1-2H3,(H,28,29)/b11-10+/t20-/m1/s1. The van der Waals surface area contributed by atoms with Crippen LogP contribution in [0, 0.1) is 6.92 Å². The van der Waals surface area contributed by atoms with Crippen molar-refractivity contribution in [3.8, 4) is 16.9 Å². The van der Waals surface area contributed by atoms with E-state index in [4.69, 9.17) is 9.47 Å². The van der Waals surface area contributed by atoms with Crippen LogP contribution in [0.1, 0.15) is 27.2 Å². The molecule has 0 aliphatic carbocycles. The molecule has 0 unspecified atom stereocenters. The molecule has 162 valence electrons. The van der Waals surface area contributed by atoms with E-state index >= 15 is 0 Å². The van der Waals surface area contributed by atoms with Gasteiger partial charge in [-0.15, -0.1) is 0 Å². The number of rotatable bonds is 6. The van der Waals surface area contributed by atoms with Gasteiger partial charge in [-0.3, -0.25) is 9.78 Å². The lowest BCUT2D eigenvalue weighted by Gasteiger charge is -2.15. The van der Waals surface area contributed by atoms with Crippen molar-refractivity contribution in [2.45, 2.75) is 19.4 Å². The summed E-state index contributed by atoms with van der Waals surface area (Å²) in [5.41, 5.74) is 4.96. The number of aromatic nitrogens is 1. The first-order chi connectivity index (χ1) is 15.5. The van der Waals surface area contributed by atoms with Gasteiger partial charge < -0.3 is 14.8 Å². The third-order valence-corrected chi connectivity index (χ3v) is 5.26. The van der Waals surface area contributed by atoms with Crippen LogP contribution in [0.2, 0.25) is 0 Å². The van der Waals surface area contributed by atoms with E-state index in [9.17, 15) is 9.59 Å². The summed E-state index contributed by atoms with van der Waals surface area (Å²) in [7, 11) is 1.37. The minimum Gasteiger partial charge on any atom is -0.487 e. The van der Waals surface area contributed by atoms with Crippen molar-refractivity contribution >= 4 is 18.0 Å². The average Bonchev–Trinajstić information content (AvgIpc) is 3.23. The molecule has 0 spiro atoms. The Morgan fingerprint density at radius 3 is 2.75 bits per heavy atom. The number of ether oxygens (including phenoxy) is 2. The van der Waals surface area contributed by atoms with E-state index in [1.807, 2.05) is 49.4 Å². The molecule has 2 aromatic carbocycles. The summed E-state index contributed by atoms with van der Waals surface area (Å²) in [4.78, 5) is 28.6. The zero-order valence-electron chi connectivity index (χ0n) is 18.0. The fourth-order valence-electron chi connectivity index (χ4n) is 3.82. The number of benzene rings is 2. The molecule has 0 fully saturated rings. The Morgan fingerprint density at radius 1 is 1.16 bits per heavy atom. The number of nitrogens with one attached hydrogen (secondary N) is 1. The number of carbonyl (C=O) groups excluding carboxylic acids is 2. The smallest absolute Gasteiger partial charge is 0.338 e. The van der Waals surface area contributed by atoms with Crippen LogP contribution in [-0.2, 0) is 16.0 Å². The van der Waals surface area contributed by atoms with E-state index < -0.39 is 5.97 Å². The lowest BCUT2D eigenvalue weighted by atomic mass is 9.94. The molecule has 1 aromatic heterocycles. The third kappa shape index (κ3) is 4.70. The SMILES string of the molecule is COC(=O)c1ccccc1-c1cc(C)cc2c1O[C@@H](CNC(=O)/C=C/c1ccccn1)C2. The van der Waals surface area contributed by atoms with Gasteiger partial charge in [0.2, 0.25) is 5.91 Å². The summed E-state index contributed by atoms with van der Waals surface area (Å²) in [6, 6.07) is 17.0. The van der Waals surface area contributed by atoms with Gasteiger partial charge in [0.25, 0.3) is 0 Å². The number of pyridine rings is 1. The molecule has 0 saturated heterocycles. The number of carbonyl (C=O) groups is 2. The van der Waals surface area contributed by atoms with Crippen molar-refractivity contribution in [2.24, 2.45) is 0 Å². The average molecular weight is 428 g/mol. The van der Waals surface area contributed by atoms with Crippen molar-refractivity contribution in [1.29, 1.82) is 0 Å². The summed E-state index contributed by atoms with van der Waals surface area (Å²) in [5, 5.41) is 2.89. The van der Waals surface area contributed by atoms with E-state index in [2.05, 4.69) is 16.4 Å². The molecule has 1 atom stereocenters. The second-order valence-corrected chi connectivity index (χ2v) is 7.61. The van der Waals surface area contributed by atoms with E-state index in [-0.39, 0.29) is 12.0 Å². The van der Waals surface area contributed by atoms with Gasteiger partial charge in [-0.05, 0) is 54.0 Å². The Balaban J connectivity index is 1.49. The zero-order valence-corrected chi connectivity index (χ0v) is 18.0. The normalized spacial score (nSPS) is 14.6. The number of methoxy groups -OCH3 is 1. The first-order valence-corrected chi connectivity index (χ1v) is 10.4. The fourth-order valence-corrected chi connectivity index (χ4v) is 3.82. The van der Waals surface area contributed by atoms with Crippen LogP contribution in [0.25, 0.3) is 17.2 Å². The lowest BCUT2D eigenvalue weighted by molar-refractivity contribution is -0.116. The van der Waals surface area contributed by atoms with Crippen LogP contribution in [0.15, 0.2) is 66.9 Å². The molecule has 6 heteroatoms. The molecule has 32 heavy (non-hydrogen) atoms. The summed E-state index contributed by atoms with van der Waals surface area (Å²) >= 11 is 0. The highest BCUT2D eigenvalue weighted by molar-refractivity contribution is 5.98. The summed E-state index contributed by atoms with van der Waals surface area (Å²) in [5.74, 6) is 0.148. The first-order valence-electron chi connectivity index (χ1n) is 10.4. The van der Waals surface area contributed by atoms with Crippen molar-refractivity contribution < 1.29 is 19.1 Å². The minimum atomic E-state index is -0.391. The second-order valence-electron chi connectivity index (χ2n) is 7.61. The van der Waals surface area contributed by atoms with Gasteiger partial charge in [-0.1, -0.05) is 30.3 Å². The first kappa shape index (κ1) is 21.3. The van der Waals surface area contributed by atoms with Crippen LogP contribution >= 0.6 is 0 Å². The molecule has 3 aromatic rings. The van der Waals surface area contributed by atoms with E-state index in [1.165, 1.54) is 13.2 Å². The molecule has 1 amide bonds. The number of esters is 1. The topological polar surface area (TPSA) is 77.5 Å². The molecule has 1 aliphatic rings. The summed E-state index contributed by atoms with van der Waals surface area (Å²) in [6.07, 6.45) is 5.30. The minimum absolute atomic E-state index is 0.192. The van der Waals surface area contributed by atoms with Crippen molar-refractivity contribution in [3.05, 3.63) is 89.3 Å². The maximum Gasteiger partial charge on any atom is 0.338 e. The maximum absolute atomic E-state index is 12.3. The number of fused-ring (bicyclic) bond motifs is 1. The molecule has 1 aliphatic heterocycles. The number of amides is 1. The maximum atomic E-state index is 12.3. The van der Waals surface area contributed by atoms with Crippen LogP contribution in [0.4, 0.5) is 0 Å². The predicted molar refractivity (Wildman–Crippen MR) is 122 cm³/mol. The van der Waals surface area contributed by atoms with E-state index in [1.54, 1.807) is 18.3 Å². The van der Waals surface area contributed by atoms with Gasteiger partial charge >= 0.3 is 5.97 Å². The number of aryl methyl sites for hydroxylation is 1. The molecular weight excluding hydrogens is 404 g/mol. The Hall–Kier alpha value is -3.93. The highest BCUT2D eigenvalue weighted by atomic mass is 16.5. The largest absolute Gasteiger partial charge is 0.487 e. The van der Waals surface area contributed by atoms with E-state index in [0.717, 1.165) is 33.7 Å². The van der Waals surface area contributed by atoms with Crippen LogP contribution < -0.4 is 10.1 Å². The van der Waals surface area contributed by atoms with E-state index in [0.29, 0.717) is 18.5 Å². The van der Waals surface area contributed by atoms with Gasteiger partial charge in [-0.2, -0.15) is 0 Å². The van der Waals surface area contributed by atoms with Gasteiger partial charge in [-0.25, -0.2) is 4.79 Å². The molecule has 0 bridgehead atoms. The summed E-state index contributed by atoms with van der Waals surface area (Å²) < 4.78 is 11.2. The molecular formula is C26H24N2O4. The Bertz CT molecular complexity index is 1170. The van der Waals surface area contributed by atoms with Gasteiger partial charge in [0.1, 0.15) is 11.9 Å². The molecule has 0 radical (unpaired) electrons.